The lowest BCUT2D eigenvalue weighted by Gasteiger charge is -2.20. The average molecular weight is 335 g/mol. The zero-order valence-corrected chi connectivity index (χ0v) is 16.2. The first-order chi connectivity index (χ1) is 11.4. The van der Waals surface area contributed by atoms with E-state index in [0.29, 0.717) is 6.04 Å². The van der Waals surface area contributed by atoms with Crippen LogP contribution in [0.1, 0.15) is 37.2 Å². The molecule has 2 atom stereocenters. The molecule has 24 heavy (non-hydrogen) atoms. The number of guanidine groups is 1. The van der Waals surface area contributed by atoms with Crippen molar-refractivity contribution in [1.82, 2.24) is 25.3 Å². The maximum absolute atomic E-state index is 4.51. The van der Waals surface area contributed by atoms with Gasteiger partial charge in [0.15, 0.2) is 5.96 Å². The monoisotopic (exact) mass is 334 g/mol. The molecule has 1 aliphatic heterocycles. The minimum atomic E-state index is 0.313. The smallest absolute Gasteiger partial charge is 0.191 e. The molecule has 1 fully saturated rings. The molecule has 2 N–H and O–H groups in total. The second-order valence-electron chi connectivity index (χ2n) is 7.02. The Balaban J connectivity index is 1.82. The van der Waals surface area contributed by atoms with E-state index in [1.54, 1.807) is 0 Å². The summed E-state index contributed by atoms with van der Waals surface area (Å²) in [5, 5.41) is 11.5. The fourth-order valence-electron chi connectivity index (χ4n) is 3.51. The SMILES string of the molecule is CCN1CCC(CNC(=NC)NC(C)Cc2c(C)nn(C)c2C)C1. The highest BCUT2D eigenvalue weighted by atomic mass is 15.3. The molecule has 0 aliphatic carbocycles. The van der Waals surface area contributed by atoms with Gasteiger partial charge in [0.1, 0.15) is 0 Å². The van der Waals surface area contributed by atoms with Crippen LogP contribution in [0.4, 0.5) is 0 Å². The molecule has 2 unspecified atom stereocenters. The predicted octanol–water partition coefficient (Wildman–Crippen LogP) is 1.47. The molecule has 0 saturated carbocycles. The van der Waals surface area contributed by atoms with Crippen molar-refractivity contribution in [2.75, 3.05) is 33.2 Å². The van der Waals surface area contributed by atoms with E-state index in [1.165, 1.54) is 30.8 Å². The molecular weight excluding hydrogens is 300 g/mol. The molecule has 6 heteroatoms. The lowest BCUT2D eigenvalue weighted by Crippen LogP contribution is -2.44. The third-order valence-electron chi connectivity index (χ3n) is 5.15. The Morgan fingerprint density at radius 3 is 2.71 bits per heavy atom. The van der Waals surface area contributed by atoms with Gasteiger partial charge in [0.25, 0.3) is 0 Å². The van der Waals surface area contributed by atoms with E-state index in [4.69, 9.17) is 0 Å². The Kier molecular flexibility index (Phi) is 6.66. The first-order valence-corrected chi connectivity index (χ1v) is 9.13. The van der Waals surface area contributed by atoms with Crippen LogP contribution in [0.3, 0.4) is 0 Å². The van der Waals surface area contributed by atoms with E-state index in [0.717, 1.165) is 37.1 Å². The molecule has 1 saturated heterocycles. The molecule has 1 aliphatic rings. The zero-order chi connectivity index (χ0) is 17.7. The maximum atomic E-state index is 4.51. The summed E-state index contributed by atoms with van der Waals surface area (Å²) in [4.78, 5) is 6.89. The molecular formula is C18H34N6. The van der Waals surface area contributed by atoms with Crippen molar-refractivity contribution < 1.29 is 0 Å². The molecule has 2 heterocycles. The molecule has 1 aromatic rings. The van der Waals surface area contributed by atoms with Gasteiger partial charge in [0.2, 0.25) is 0 Å². The van der Waals surface area contributed by atoms with E-state index < -0.39 is 0 Å². The van der Waals surface area contributed by atoms with Crippen LogP contribution >= 0.6 is 0 Å². The van der Waals surface area contributed by atoms with E-state index in [2.05, 4.69) is 53.3 Å². The minimum Gasteiger partial charge on any atom is -0.356 e. The number of nitrogens with one attached hydrogen (secondary N) is 2. The molecule has 1 aromatic heterocycles. The number of hydrogen-bond donors (Lipinski definition) is 2. The topological polar surface area (TPSA) is 57.5 Å². The fraction of sp³-hybridized carbons (Fsp3) is 0.778. The van der Waals surface area contributed by atoms with Gasteiger partial charge in [0.05, 0.1) is 5.69 Å². The first kappa shape index (κ1) is 18.8. The van der Waals surface area contributed by atoms with Gasteiger partial charge in [-0.25, -0.2) is 0 Å². The Bertz CT molecular complexity index is 562. The lowest BCUT2D eigenvalue weighted by molar-refractivity contribution is 0.341. The summed E-state index contributed by atoms with van der Waals surface area (Å²) >= 11 is 0. The molecule has 0 bridgehead atoms. The standard InChI is InChI=1S/C18H34N6/c1-7-24-9-8-16(12-24)11-20-18(19-5)21-13(2)10-17-14(3)22-23(6)15(17)4/h13,16H,7-12H2,1-6H3,(H2,19,20,21). The normalized spacial score (nSPS) is 20.4. The second-order valence-corrected chi connectivity index (χ2v) is 7.02. The number of aliphatic imine (C=N–C) groups is 1. The van der Waals surface area contributed by atoms with Crippen molar-refractivity contribution in [3.05, 3.63) is 17.0 Å². The highest BCUT2D eigenvalue weighted by molar-refractivity contribution is 5.79. The van der Waals surface area contributed by atoms with Crippen LogP contribution in [0.2, 0.25) is 0 Å². The summed E-state index contributed by atoms with van der Waals surface area (Å²) in [6.07, 6.45) is 2.24. The average Bonchev–Trinajstić information content (AvgIpc) is 3.11. The second kappa shape index (κ2) is 8.51. The van der Waals surface area contributed by atoms with Crippen LogP contribution in [-0.4, -0.2) is 59.9 Å². The van der Waals surface area contributed by atoms with Gasteiger partial charge in [0, 0.05) is 38.9 Å². The van der Waals surface area contributed by atoms with Gasteiger partial charge in [-0.15, -0.1) is 0 Å². The summed E-state index contributed by atoms with van der Waals surface area (Å²) in [6, 6.07) is 0.313. The van der Waals surface area contributed by atoms with E-state index >= 15 is 0 Å². The Morgan fingerprint density at radius 1 is 1.42 bits per heavy atom. The number of nitrogens with zero attached hydrogens (tertiary/aromatic N) is 4. The Labute approximate surface area is 146 Å². The maximum Gasteiger partial charge on any atom is 0.191 e. The first-order valence-electron chi connectivity index (χ1n) is 9.13. The van der Waals surface area contributed by atoms with Crippen LogP contribution in [-0.2, 0) is 13.5 Å². The Morgan fingerprint density at radius 2 is 2.17 bits per heavy atom. The molecule has 2 rings (SSSR count). The van der Waals surface area contributed by atoms with E-state index in [9.17, 15) is 0 Å². The highest BCUT2D eigenvalue weighted by Gasteiger charge is 2.21. The van der Waals surface area contributed by atoms with Crippen molar-refractivity contribution in [3.8, 4) is 0 Å². The van der Waals surface area contributed by atoms with Crippen LogP contribution < -0.4 is 10.6 Å². The molecule has 0 amide bonds. The molecule has 0 spiro atoms. The molecule has 6 nitrogen and oxygen atoms in total. The molecule has 0 radical (unpaired) electrons. The zero-order valence-electron chi connectivity index (χ0n) is 16.2. The van der Waals surface area contributed by atoms with Crippen molar-refractivity contribution in [1.29, 1.82) is 0 Å². The van der Waals surface area contributed by atoms with Crippen LogP contribution in [0.15, 0.2) is 4.99 Å². The van der Waals surface area contributed by atoms with Crippen molar-refractivity contribution in [2.24, 2.45) is 18.0 Å². The Hall–Kier alpha value is -1.56. The van der Waals surface area contributed by atoms with Crippen LogP contribution in [0, 0.1) is 19.8 Å². The van der Waals surface area contributed by atoms with Crippen molar-refractivity contribution in [3.63, 3.8) is 0 Å². The van der Waals surface area contributed by atoms with Gasteiger partial charge >= 0.3 is 0 Å². The molecule has 136 valence electrons. The summed E-state index contributed by atoms with van der Waals surface area (Å²) in [6.45, 7) is 13.2. The highest BCUT2D eigenvalue weighted by Crippen LogP contribution is 2.15. The number of aromatic nitrogens is 2. The summed E-state index contributed by atoms with van der Waals surface area (Å²) in [7, 11) is 3.85. The van der Waals surface area contributed by atoms with Crippen LogP contribution in [0.25, 0.3) is 0 Å². The fourth-order valence-corrected chi connectivity index (χ4v) is 3.51. The largest absolute Gasteiger partial charge is 0.356 e. The van der Waals surface area contributed by atoms with Crippen molar-refractivity contribution >= 4 is 5.96 Å². The third-order valence-corrected chi connectivity index (χ3v) is 5.15. The van der Waals surface area contributed by atoms with Gasteiger partial charge in [-0.2, -0.15) is 5.10 Å². The number of rotatable bonds is 6. The van der Waals surface area contributed by atoms with Gasteiger partial charge < -0.3 is 15.5 Å². The van der Waals surface area contributed by atoms with Gasteiger partial charge in [-0.1, -0.05) is 6.92 Å². The number of hydrogen-bond acceptors (Lipinski definition) is 3. The van der Waals surface area contributed by atoms with Gasteiger partial charge in [-0.05, 0) is 58.2 Å². The quantitative estimate of drug-likeness (QED) is 0.611. The minimum absolute atomic E-state index is 0.313. The predicted molar refractivity (Wildman–Crippen MR) is 101 cm³/mol. The summed E-state index contributed by atoms with van der Waals surface area (Å²) in [5.74, 6) is 1.62. The third kappa shape index (κ3) is 4.72. The van der Waals surface area contributed by atoms with Crippen LogP contribution in [0.5, 0.6) is 0 Å². The van der Waals surface area contributed by atoms with Gasteiger partial charge in [-0.3, -0.25) is 9.67 Å². The summed E-state index contributed by atoms with van der Waals surface area (Å²) in [5.41, 5.74) is 3.70. The van der Waals surface area contributed by atoms with E-state index in [-0.39, 0.29) is 0 Å². The summed E-state index contributed by atoms with van der Waals surface area (Å²) < 4.78 is 1.96. The number of likely N-dealkylation sites (tertiary alicyclic amines) is 1. The van der Waals surface area contributed by atoms with E-state index in [1.807, 2.05) is 18.8 Å². The molecule has 0 aromatic carbocycles. The lowest BCUT2D eigenvalue weighted by atomic mass is 10.1. The number of aryl methyl sites for hydroxylation is 2. The van der Waals surface area contributed by atoms with Crippen molar-refractivity contribution in [2.45, 2.75) is 46.6 Å².